The normalized spacial score (nSPS) is 21.5. The highest BCUT2D eigenvalue weighted by atomic mass is 35.5. The van der Waals surface area contributed by atoms with E-state index in [0.29, 0.717) is 5.56 Å². The van der Waals surface area contributed by atoms with Gasteiger partial charge >= 0.3 is 6.18 Å². The molecule has 2 aliphatic rings. The number of alkyl halides is 3. The highest BCUT2D eigenvalue weighted by Gasteiger charge is 2.35. The molecule has 0 amide bonds. The molecule has 2 saturated heterocycles. The predicted octanol–water partition coefficient (Wildman–Crippen LogP) is 4.31. The van der Waals surface area contributed by atoms with Gasteiger partial charge in [0.15, 0.2) is 0 Å². The highest BCUT2D eigenvalue weighted by molar-refractivity contribution is 5.85. The molecule has 0 spiro atoms. The third-order valence-corrected chi connectivity index (χ3v) is 5.27. The van der Waals surface area contributed by atoms with Crippen LogP contribution in [0.3, 0.4) is 0 Å². The molecule has 0 bridgehead atoms. The fourth-order valence-electron chi connectivity index (χ4n) is 3.97. The number of hydrogen-bond acceptors (Lipinski definition) is 2. The summed E-state index contributed by atoms with van der Waals surface area (Å²) in [5.41, 5.74) is 0.0401. The summed E-state index contributed by atoms with van der Waals surface area (Å²) in [6, 6.07) is 6.09. The molecule has 2 aliphatic heterocycles. The molecular formula is C18H26ClF3N2. The third-order valence-electron chi connectivity index (χ3n) is 5.27. The average molecular weight is 363 g/mol. The first-order chi connectivity index (χ1) is 11.0. The molecule has 136 valence electrons. The lowest BCUT2D eigenvalue weighted by molar-refractivity contribution is -0.138. The van der Waals surface area contributed by atoms with Gasteiger partial charge in [-0.15, -0.1) is 12.4 Å². The van der Waals surface area contributed by atoms with Crippen LogP contribution in [0.2, 0.25) is 0 Å². The number of nitrogens with zero attached hydrogens (tertiary/aromatic N) is 1. The van der Waals surface area contributed by atoms with Crippen molar-refractivity contribution in [1.82, 2.24) is 10.2 Å². The fraction of sp³-hybridized carbons (Fsp3) is 0.667. The Morgan fingerprint density at radius 3 is 2.25 bits per heavy atom. The molecule has 6 heteroatoms. The van der Waals surface area contributed by atoms with Crippen molar-refractivity contribution in [1.29, 1.82) is 0 Å². The Kier molecular flexibility index (Phi) is 6.96. The first-order valence-corrected chi connectivity index (χ1v) is 8.63. The van der Waals surface area contributed by atoms with E-state index in [1.807, 2.05) is 0 Å². The van der Waals surface area contributed by atoms with Crippen LogP contribution in [0, 0.1) is 5.92 Å². The Morgan fingerprint density at radius 1 is 1.00 bits per heavy atom. The van der Waals surface area contributed by atoms with Crippen molar-refractivity contribution in [2.45, 2.75) is 37.8 Å². The number of piperidine rings is 2. The van der Waals surface area contributed by atoms with Gasteiger partial charge in [-0.2, -0.15) is 13.2 Å². The molecule has 0 atom stereocenters. The van der Waals surface area contributed by atoms with Gasteiger partial charge < -0.3 is 10.2 Å². The number of halogens is 4. The van der Waals surface area contributed by atoms with Crippen LogP contribution >= 0.6 is 12.4 Å². The zero-order chi connectivity index (χ0) is 16.3. The molecule has 2 nitrogen and oxygen atoms in total. The molecule has 1 aromatic carbocycles. The highest BCUT2D eigenvalue weighted by Crippen LogP contribution is 2.38. The summed E-state index contributed by atoms with van der Waals surface area (Å²) in [4.78, 5) is 2.45. The summed E-state index contributed by atoms with van der Waals surface area (Å²) < 4.78 is 39.5. The van der Waals surface area contributed by atoms with Crippen molar-refractivity contribution in [2.24, 2.45) is 5.92 Å². The maximum atomic E-state index is 13.2. The van der Waals surface area contributed by atoms with E-state index in [9.17, 15) is 13.2 Å². The molecule has 3 rings (SSSR count). The lowest BCUT2D eigenvalue weighted by Crippen LogP contribution is -2.40. The molecule has 0 saturated carbocycles. The second kappa shape index (κ2) is 8.54. The molecule has 0 unspecified atom stereocenters. The van der Waals surface area contributed by atoms with Crippen molar-refractivity contribution >= 4 is 12.4 Å². The summed E-state index contributed by atoms with van der Waals surface area (Å²) in [6.07, 6.45) is -0.146. The lowest BCUT2D eigenvalue weighted by atomic mass is 9.85. The van der Waals surface area contributed by atoms with Crippen molar-refractivity contribution in [2.75, 3.05) is 32.7 Å². The van der Waals surface area contributed by atoms with E-state index < -0.39 is 11.7 Å². The van der Waals surface area contributed by atoms with E-state index in [1.165, 1.54) is 25.0 Å². The topological polar surface area (TPSA) is 15.3 Å². The first-order valence-electron chi connectivity index (χ1n) is 8.63. The maximum Gasteiger partial charge on any atom is 0.416 e. The third kappa shape index (κ3) is 4.87. The van der Waals surface area contributed by atoms with Gasteiger partial charge in [0.05, 0.1) is 5.56 Å². The van der Waals surface area contributed by atoms with Crippen LogP contribution in [0.25, 0.3) is 0 Å². The van der Waals surface area contributed by atoms with Crippen molar-refractivity contribution in [3.63, 3.8) is 0 Å². The molecule has 0 radical (unpaired) electrons. The first kappa shape index (κ1) is 19.5. The van der Waals surface area contributed by atoms with Gasteiger partial charge in [-0.25, -0.2) is 0 Å². The van der Waals surface area contributed by atoms with Crippen molar-refractivity contribution in [3.8, 4) is 0 Å². The number of benzene rings is 1. The van der Waals surface area contributed by atoms with Crippen LogP contribution in [-0.2, 0) is 6.18 Å². The van der Waals surface area contributed by atoms with E-state index in [4.69, 9.17) is 0 Å². The lowest BCUT2D eigenvalue weighted by Gasteiger charge is -2.36. The minimum atomic E-state index is -4.25. The molecule has 24 heavy (non-hydrogen) atoms. The van der Waals surface area contributed by atoms with Crippen LogP contribution in [-0.4, -0.2) is 37.6 Å². The minimum Gasteiger partial charge on any atom is -0.317 e. The van der Waals surface area contributed by atoms with Crippen LogP contribution in [0.15, 0.2) is 24.3 Å². The molecule has 1 aromatic rings. The summed E-state index contributed by atoms with van der Waals surface area (Å²) in [5.74, 6) is 0.785. The zero-order valence-electron chi connectivity index (χ0n) is 13.8. The standard InChI is InChI=1S/C18H25F3N2.ClH/c19-18(20,21)17-4-2-1-3-16(17)15-7-11-23(12-8-15)13-14-5-9-22-10-6-14;/h1-4,14-15,22H,5-13H2;1H. The average Bonchev–Trinajstić information content (AvgIpc) is 2.56. The Labute approximate surface area is 148 Å². The smallest absolute Gasteiger partial charge is 0.317 e. The quantitative estimate of drug-likeness (QED) is 0.862. The van der Waals surface area contributed by atoms with Crippen LogP contribution in [0.1, 0.15) is 42.7 Å². The Hall–Kier alpha value is -0.780. The van der Waals surface area contributed by atoms with Gasteiger partial charge in [0.25, 0.3) is 0 Å². The molecule has 0 aromatic heterocycles. The van der Waals surface area contributed by atoms with Gasteiger partial charge in [-0.05, 0) is 75.3 Å². The summed E-state index contributed by atoms with van der Waals surface area (Å²) >= 11 is 0. The molecule has 2 heterocycles. The molecule has 0 aliphatic carbocycles. The van der Waals surface area contributed by atoms with E-state index >= 15 is 0 Å². The molecular weight excluding hydrogens is 337 g/mol. The maximum absolute atomic E-state index is 13.2. The van der Waals surface area contributed by atoms with E-state index in [0.717, 1.165) is 51.5 Å². The Balaban J connectivity index is 0.00000208. The van der Waals surface area contributed by atoms with E-state index in [-0.39, 0.29) is 18.3 Å². The number of nitrogens with one attached hydrogen (secondary N) is 1. The SMILES string of the molecule is Cl.FC(F)(F)c1ccccc1C1CCN(CC2CCNCC2)CC1. The number of rotatable bonds is 3. The Morgan fingerprint density at radius 2 is 1.62 bits per heavy atom. The van der Waals surface area contributed by atoms with Gasteiger partial charge in [0, 0.05) is 6.54 Å². The molecule has 1 N–H and O–H groups in total. The van der Waals surface area contributed by atoms with Gasteiger partial charge in [-0.3, -0.25) is 0 Å². The van der Waals surface area contributed by atoms with Gasteiger partial charge in [0.1, 0.15) is 0 Å². The largest absolute Gasteiger partial charge is 0.416 e. The second-order valence-electron chi connectivity index (χ2n) is 6.85. The van der Waals surface area contributed by atoms with Crippen molar-refractivity contribution < 1.29 is 13.2 Å². The zero-order valence-corrected chi connectivity index (χ0v) is 14.6. The number of hydrogen-bond donors (Lipinski definition) is 1. The predicted molar refractivity (Wildman–Crippen MR) is 92.7 cm³/mol. The van der Waals surface area contributed by atoms with Gasteiger partial charge in [-0.1, -0.05) is 18.2 Å². The van der Waals surface area contributed by atoms with E-state index in [1.54, 1.807) is 12.1 Å². The minimum absolute atomic E-state index is 0. The second-order valence-corrected chi connectivity index (χ2v) is 6.85. The summed E-state index contributed by atoms with van der Waals surface area (Å²) in [7, 11) is 0. The summed E-state index contributed by atoms with van der Waals surface area (Å²) in [5, 5.41) is 3.38. The van der Waals surface area contributed by atoms with Crippen LogP contribution in [0.5, 0.6) is 0 Å². The molecule has 2 fully saturated rings. The van der Waals surface area contributed by atoms with Crippen LogP contribution < -0.4 is 5.32 Å². The Bertz CT molecular complexity index is 507. The van der Waals surface area contributed by atoms with E-state index in [2.05, 4.69) is 10.2 Å². The van der Waals surface area contributed by atoms with Crippen molar-refractivity contribution in [3.05, 3.63) is 35.4 Å². The number of likely N-dealkylation sites (tertiary alicyclic amines) is 1. The van der Waals surface area contributed by atoms with Gasteiger partial charge in [0.2, 0.25) is 0 Å². The van der Waals surface area contributed by atoms with Crippen LogP contribution in [0.4, 0.5) is 13.2 Å². The monoisotopic (exact) mass is 362 g/mol. The fourth-order valence-corrected chi connectivity index (χ4v) is 3.97. The summed E-state index contributed by atoms with van der Waals surface area (Å²) in [6.45, 7) is 5.14.